The number of carboxylic acid groups (broad SMARTS) is 1. The van der Waals surface area contributed by atoms with Gasteiger partial charge in [-0.05, 0) is 20.8 Å². The van der Waals surface area contributed by atoms with E-state index >= 15 is 0 Å². The molecule has 0 spiro atoms. The molecule has 10 heteroatoms. The van der Waals surface area contributed by atoms with Crippen LogP contribution in [0.3, 0.4) is 0 Å². The fourth-order valence-electron chi connectivity index (χ4n) is 1.95. The Labute approximate surface area is 120 Å². The zero-order valence-corrected chi connectivity index (χ0v) is 12.4. The average Bonchev–Trinajstić information content (AvgIpc) is 2.82. The molecule has 0 bridgehead atoms. The summed E-state index contributed by atoms with van der Waals surface area (Å²) in [6.07, 6.45) is 0. The minimum atomic E-state index is -3.94. The number of hydrogen-bond acceptors (Lipinski definition) is 6. The van der Waals surface area contributed by atoms with E-state index in [9.17, 15) is 13.2 Å². The monoisotopic (exact) mass is 314 g/mol. The molecule has 0 aliphatic heterocycles. The number of hydrogen-bond donors (Lipinski definition) is 2. The van der Waals surface area contributed by atoms with Crippen molar-refractivity contribution in [1.82, 2.24) is 14.9 Å². The van der Waals surface area contributed by atoms with Crippen LogP contribution in [-0.4, -0.2) is 34.4 Å². The number of nitrogens with zero attached hydrogens (tertiary/aromatic N) is 3. The summed E-state index contributed by atoms with van der Waals surface area (Å²) in [5, 5.41) is 16.3. The zero-order chi connectivity index (χ0) is 15.8. The van der Waals surface area contributed by atoms with Gasteiger partial charge in [-0.1, -0.05) is 5.16 Å². The van der Waals surface area contributed by atoms with Gasteiger partial charge in [-0.2, -0.15) is 5.10 Å². The van der Waals surface area contributed by atoms with Crippen molar-refractivity contribution in [3.8, 4) is 0 Å². The number of aromatic nitrogens is 3. The fraction of sp³-hybridized carbons (Fsp3) is 0.364. The molecule has 2 aromatic rings. The lowest BCUT2D eigenvalue weighted by molar-refractivity contribution is -0.137. The van der Waals surface area contributed by atoms with Gasteiger partial charge < -0.3 is 9.63 Å². The zero-order valence-electron chi connectivity index (χ0n) is 11.6. The third-order valence-electron chi connectivity index (χ3n) is 2.73. The van der Waals surface area contributed by atoms with Crippen LogP contribution in [0.5, 0.6) is 0 Å². The van der Waals surface area contributed by atoms with E-state index in [1.807, 2.05) is 0 Å². The van der Waals surface area contributed by atoms with Gasteiger partial charge in [-0.15, -0.1) is 0 Å². The molecule has 0 saturated carbocycles. The quantitative estimate of drug-likeness (QED) is 0.830. The Morgan fingerprint density at radius 1 is 1.43 bits per heavy atom. The van der Waals surface area contributed by atoms with E-state index in [2.05, 4.69) is 15.0 Å². The van der Waals surface area contributed by atoms with E-state index in [0.29, 0.717) is 5.69 Å². The third-order valence-corrected chi connectivity index (χ3v) is 4.33. The second kappa shape index (κ2) is 5.20. The highest BCUT2D eigenvalue weighted by Crippen LogP contribution is 2.22. The number of anilines is 1. The Balaban J connectivity index is 2.40. The van der Waals surface area contributed by atoms with Crippen molar-refractivity contribution < 1.29 is 22.8 Å². The molecule has 0 fully saturated rings. The summed E-state index contributed by atoms with van der Waals surface area (Å²) < 4.78 is 32.9. The van der Waals surface area contributed by atoms with Gasteiger partial charge in [-0.3, -0.25) is 9.48 Å². The molecule has 2 aromatic heterocycles. The van der Waals surface area contributed by atoms with Gasteiger partial charge in [0.25, 0.3) is 10.0 Å². The van der Waals surface area contributed by atoms with Crippen molar-refractivity contribution in [2.24, 2.45) is 0 Å². The maximum absolute atomic E-state index is 12.4. The smallest absolute Gasteiger partial charge is 0.325 e. The van der Waals surface area contributed by atoms with Gasteiger partial charge in [0, 0.05) is 6.07 Å². The molecular weight excluding hydrogens is 300 g/mol. The van der Waals surface area contributed by atoms with Crippen LogP contribution in [-0.2, 0) is 21.4 Å². The average molecular weight is 314 g/mol. The molecular formula is C11H14N4O5S. The van der Waals surface area contributed by atoms with Gasteiger partial charge in [0.1, 0.15) is 11.4 Å². The van der Waals surface area contributed by atoms with Crippen LogP contribution in [0.1, 0.15) is 17.1 Å². The summed E-state index contributed by atoms with van der Waals surface area (Å²) in [5.41, 5.74) is 0.971. The van der Waals surface area contributed by atoms with Crippen LogP contribution in [0.2, 0.25) is 0 Å². The Bertz CT molecular complexity index is 790. The van der Waals surface area contributed by atoms with Gasteiger partial charge in [0.05, 0.1) is 17.1 Å². The number of carbonyl (C=O) groups is 1. The molecule has 114 valence electrons. The molecule has 0 aromatic carbocycles. The number of aryl methyl sites for hydroxylation is 2. The van der Waals surface area contributed by atoms with Crippen LogP contribution in [0.15, 0.2) is 15.5 Å². The fourth-order valence-corrected chi connectivity index (χ4v) is 3.33. The van der Waals surface area contributed by atoms with E-state index in [1.165, 1.54) is 19.9 Å². The summed E-state index contributed by atoms with van der Waals surface area (Å²) in [7, 11) is -3.94. The Morgan fingerprint density at radius 2 is 2.10 bits per heavy atom. The van der Waals surface area contributed by atoms with E-state index in [-0.39, 0.29) is 22.2 Å². The number of sulfonamides is 1. The summed E-state index contributed by atoms with van der Waals surface area (Å²) in [6, 6.07) is 1.43. The Kier molecular flexibility index (Phi) is 3.73. The standard InChI is InChI=1S/C11H14N4O5S/c1-6-4-9(20-13-6)14-21(18,19)11-7(2)12-15(8(11)3)5-10(16)17/h4,14H,5H2,1-3H3,(H,16,17). The summed E-state index contributed by atoms with van der Waals surface area (Å²) in [6.45, 7) is 4.22. The van der Waals surface area contributed by atoms with Crippen LogP contribution in [0.4, 0.5) is 5.88 Å². The van der Waals surface area contributed by atoms with Gasteiger partial charge >= 0.3 is 5.97 Å². The molecule has 0 aliphatic carbocycles. The van der Waals surface area contributed by atoms with Crippen LogP contribution < -0.4 is 4.72 Å². The maximum Gasteiger partial charge on any atom is 0.325 e. The minimum Gasteiger partial charge on any atom is -0.480 e. The molecule has 21 heavy (non-hydrogen) atoms. The summed E-state index contributed by atoms with van der Waals surface area (Å²) >= 11 is 0. The van der Waals surface area contributed by atoms with Gasteiger partial charge in [-0.25, -0.2) is 13.1 Å². The maximum atomic E-state index is 12.4. The first-order valence-corrected chi connectivity index (χ1v) is 7.41. The van der Waals surface area contributed by atoms with Crippen LogP contribution >= 0.6 is 0 Å². The van der Waals surface area contributed by atoms with E-state index < -0.39 is 22.5 Å². The highest BCUT2D eigenvalue weighted by atomic mass is 32.2. The minimum absolute atomic E-state index is 0.0164. The molecule has 0 saturated heterocycles. The Hall–Kier alpha value is -2.36. The van der Waals surface area contributed by atoms with Crippen molar-refractivity contribution in [2.75, 3.05) is 4.72 Å². The second-order valence-electron chi connectivity index (χ2n) is 4.49. The van der Waals surface area contributed by atoms with Gasteiger partial charge in [0.2, 0.25) is 5.88 Å². The lowest BCUT2D eigenvalue weighted by Gasteiger charge is -2.05. The Morgan fingerprint density at radius 3 is 2.62 bits per heavy atom. The highest BCUT2D eigenvalue weighted by molar-refractivity contribution is 7.92. The molecule has 2 rings (SSSR count). The normalized spacial score (nSPS) is 11.6. The number of nitrogens with one attached hydrogen (secondary N) is 1. The first-order chi connectivity index (χ1) is 9.70. The predicted octanol–water partition coefficient (Wildman–Crippen LogP) is 0.682. The lowest BCUT2D eigenvalue weighted by Crippen LogP contribution is -2.15. The summed E-state index contributed by atoms with van der Waals surface area (Å²) in [4.78, 5) is 10.7. The van der Waals surface area contributed by atoms with Crippen LogP contribution in [0.25, 0.3) is 0 Å². The summed E-state index contributed by atoms with van der Waals surface area (Å²) in [5.74, 6) is -1.12. The van der Waals surface area contributed by atoms with Crippen molar-refractivity contribution in [3.05, 3.63) is 23.1 Å². The third kappa shape index (κ3) is 3.05. The molecule has 2 heterocycles. The molecule has 0 unspecified atom stereocenters. The number of rotatable bonds is 5. The highest BCUT2D eigenvalue weighted by Gasteiger charge is 2.26. The van der Waals surface area contributed by atoms with Crippen molar-refractivity contribution in [2.45, 2.75) is 32.2 Å². The second-order valence-corrected chi connectivity index (χ2v) is 6.11. The van der Waals surface area contributed by atoms with Crippen LogP contribution in [0, 0.1) is 20.8 Å². The van der Waals surface area contributed by atoms with E-state index in [4.69, 9.17) is 9.63 Å². The van der Waals surface area contributed by atoms with Crippen molar-refractivity contribution in [1.29, 1.82) is 0 Å². The molecule has 0 amide bonds. The largest absolute Gasteiger partial charge is 0.480 e. The van der Waals surface area contributed by atoms with Gasteiger partial charge in [0.15, 0.2) is 0 Å². The molecule has 0 atom stereocenters. The van der Waals surface area contributed by atoms with Crippen molar-refractivity contribution in [3.63, 3.8) is 0 Å². The van der Waals surface area contributed by atoms with E-state index in [0.717, 1.165) is 4.68 Å². The lowest BCUT2D eigenvalue weighted by atomic mass is 10.4. The predicted molar refractivity (Wildman–Crippen MR) is 71.4 cm³/mol. The first kappa shape index (κ1) is 15.0. The SMILES string of the molecule is Cc1cc(NS(=O)(=O)c2c(C)nn(CC(=O)O)c2C)on1. The molecule has 0 aliphatic rings. The molecule has 2 N–H and O–H groups in total. The molecule has 0 radical (unpaired) electrons. The first-order valence-electron chi connectivity index (χ1n) is 5.92. The number of aliphatic carboxylic acids is 1. The topological polar surface area (TPSA) is 127 Å². The molecule has 9 nitrogen and oxygen atoms in total. The van der Waals surface area contributed by atoms with E-state index in [1.54, 1.807) is 6.92 Å². The van der Waals surface area contributed by atoms with Crippen molar-refractivity contribution >= 4 is 21.9 Å². The number of carboxylic acids is 1.